The SMILES string of the molecule is CCN(Cc1cc(C(C)(C)c2cc(CN(Cc3cc(C(C)(C)c4ccc5c(c4)CN(c4ccccc4)CO5)ccc3OCCOCCOC)c3ccccc3)c(OCCOCCOC)c(CN(Cc3cc(C(C)(C)c4ccc5c(c4)CN(c4ccccc4)CO5)cc4c3OCN(c3ccccc3)C4)c3ccccc3)c2)cc(C)c1O)c1ccccc1. The number of nitrogens with zero attached hydrogens (tertiary/aromatic N) is 6. The summed E-state index contributed by atoms with van der Waals surface area (Å²) in [7, 11) is 3.38. The quantitative estimate of drug-likeness (QED) is 0.0371. The Morgan fingerprint density at radius 3 is 1.20 bits per heavy atom. The van der Waals surface area contributed by atoms with Crippen molar-refractivity contribution in [3.8, 4) is 34.5 Å². The highest BCUT2D eigenvalue weighted by Gasteiger charge is 2.35. The molecule has 121 heavy (non-hydrogen) atoms. The number of hydrogen-bond donors (Lipinski definition) is 1. The summed E-state index contributed by atoms with van der Waals surface area (Å²) in [5, 5.41) is 12.2. The van der Waals surface area contributed by atoms with Crippen LogP contribution in [0.3, 0.4) is 0 Å². The van der Waals surface area contributed by atoms with E-state index in [1.54, 1.807) is 14.2 Å². The summed E-state index contributed by atoms with van der Waals surface area (Å²) >= 11 is 0. The van der Waals surface area contributed by atoms with E-state index in [0.29, 0.717) is 111 Å². The molecule has 12 aromatic rings. The van der Waals surface area contributed by atoms with Crippen LogP contribution in [0.25, 0.3) is 0 Å². The maximum absolute atomic E-state index is 12.2. The zero-order valence-corrected chi connectivity index (χ0v) is 71.9. The molecule has 0 bridgehead atoms. The standard InChI is InChI=1S/C105H116N6O10/c1-11-106(91-30-18-12-19-31-91)68-80-60-88(56-76(2)100(80)112)105(7,8)90-61-81(69-107(92-32-20-13-21-33-92)65-77-57-85(42-45-97(77)117-54-52-115-50-48-113-9)103(3,4)86-43-46-98-78(58-86)66-109(73-119-98)94-36-24-15-25-37-94)101(118-55-53-116-51-49-114-10)82(62-90)70-108(93-34-22-14-23-35-93)71-83-63-89(64-84-72-111(75-121-102(83)84)96-40-28-17-29-41-96)104(5,6)87-44-47-99-79(59-87)67-110(74-120-99)95-38-26-16-27-39-95/h12-47,56-64,112H,11,48-55,65-75H2,1-10H3. The van der Waals surface area contributed by atoms with Crippen molar-refractivity contribution in [3.63, 3.8) is 0 Å². The monoisotopic (exact) mass is 1620 g/mol. The molecule has 0 saturated heterocycles. The number of ether oxygens (including phenoxy) is 9. The predicted octanol–water partition coefficient (Wildman–Crippen LogP) is 21.3. The number of aromatic hydroxyl groups is 1. The van der Waals surface area contributed by atoms with Gasteiger partial charge in [0.15, 0.2) is 20.2 Å². The molecule has 0 atom stereocenters. The fourth-order valence-corrected chi connectivity index (χ4v) is 16.9. The van der Waals surface area contributed by atoms with Gasteiger partial charge < -0.3 is 77.1 Å². The summed E-state index contributed by atoms with van der Waals surface area (Å²) in [6, 6.07) is 97.7. The molecule has 16 heteroatoms. The van der Waals surface area contributed by atoms with Crippen LogP contribution in [0.4, 0.5) is 34.1 Å². The Kier molecular flexibility index (Phi) is 26.9. The predicted molar refractivity (Wildman–Crippen MR) is 488 cm³/mol. The van der Waals surface area contributed by atoms with E-state index >= 15 is 0 Å². The molecule has 1 N–H and O–H groups in total. The van der Waals surface area contributed by atoms with Crippen molar-refractivity contribution in [2.45, 2.75) is 124 Å². The van der Waals surface area contributed by atoms with Crippen LogP contribution < -0.4 is 53.1 Å². The minimum atomic E-state index is -0.674. The van der Waals surface area contributed by atoms with Crippen molar-refractivity contribution in [3.05, 3.63) is 356 Å². The Morgan fingerprint density at radius 2 is 0.702 bits per heavy atom. The Hall–Kier alpha value is -11.9. The molecule has 3 heterocycles. The molecule has 12 aromatic carbocycles. The van der Waals surface area contributed by atoms with E-state index in [9.17, 15) is 5.11 Å². The molecule has 626 valence electrons. The van der Waals surface area contributed by atoms with Crippen molar-refractivity contribution in [2.24, 2.45) is 0 Å². The van der Waals surface area contributed by atoms with E-state index in [1.807, 2.05) is 13.0 Å². The van der Waals surface area contributed by atoms with Gasteiger partial charge in [0, 0.05) is 168 Å². The maximum atomic E-state index is 12.2. The molecule has 3 aliphatic heterocycles. The Bertz CT molecular complexity index is 5410. The van der Waals surface area contributed by atoms with Crippen LogP contribution in [0.5, 0.6) is 34.5 Å². The number of phenolic OH excluding ortho intramolecular Hbond substituents is 1. The van der Waals surface area contributed by atoms with Gasteiger partial charge in [-0.05, 0) is 192 Å². The number of para-hydroxylation sites is 6. The molecule has 0 unspecified atom stereocenters. The summed E-state index contributed by atoms with van der Waals surface area (Å²) in [4.78, 5) is 14.2. The van der Waals surface area contributed by atoms with E-state index < -0.39 is 16.2 Å². The molecular weight excluding hydrogens is 1510 g/mol. The summed E-state index contributed by atoms with van der Waals surface area (Å²) in [5.74, 6) is 4.52. The lowest BCUT2D eigenvalue weighted by molar-refractivity contribution is 0.0541. The zero-order chi connectivity index (χ0) is 83.9. The summed E-state index contributed by atoms with van der Waals surface area (Å²) < 4.78 is 57.8. The number of phenols is 1. The molecule has 3 aliphatic rings. The van der Waals surface area contributed by atoms with Gasteiger partial charge in [0.2, 0.25) is 0 Å². The third-order valence-corrected chi connectivity index (χ3v) is 24.3. The number of anilines is 6. The largest absolute Gasteiger partial charge is 0.507 e. The van der Waals surface area contributed by atoms with Gasteiger partial charge in [0.1, 0.15) is 47.7 Å². The first-order valence-corrected chi connectivity index (χ1v) is 42.6. The average molecular weight is 1620 g/mol. The highest BCUT2D eigenvalue weighted by atomic mass is 16.5. The number of aryl methyl sites for hydroxylation is 1. The highest BCUT2D eigenvalue weighted by Crippen LogP contribution is 2.47. The van der Waals surface area contributed by atoms with Crippen molar-refractivity contribution >= 4 is 34.1 Å². The molecule has 0 aliphatic carbocycles. The van der Waals surface area contributed by atoms with Crippen LogP contribution in [0.1, 0.15) is 132 Å². The lowest BCUT2D eigenvalue weighted by Gasteiger charge is -2.36. The van der Waals surface area contributed by atoms with Crippen molar-refractivity contribution < 1.29 is 47.7 Å². The van der Waals surface area contributed by atoms with Crippen molar-refractivity contribution in [1.82, 2.24) is 0 Å². The number of benzene rings is 12. The van der Waals surface area contributed by atoms with Gasteiger partial charge in [-0.15, -0.1) is 0 Å². The number of rotatable bonds is 37. The summed E-state index contributed by atoms with van der Waals surface area (Å²) in [6.45, 7) is 27.7. The van der Waals surface area contributed by atoms with E-state index in [4.69, 9.17) is 42.6 Å². The molecular formula is C105H116N6O10. The van der Waals surface area contributed by atoms with E-state index in [0.717, 1.165) is 149 Å². The van der Waals surface area contributed by atoms with Gasteiger partial charge in [-0.2, -0.15) is 0 Å². The van der Waals surface area contributed by atoms with Gasteiger partial charge in [-0.3, -0.25) is 0 Å². The second-order valence-electron chi connectivity index (χ2n) is 33.5. The Labute approximate surface area is 715 Å². The second-order valence-corrected chi connectivity index (χ2v) is 33.5. The Balaban J connectivity index is 0.874. The lowest BCUT2D eigenvalue weighted by Crippen LogP contribution is -2.34. The van der Waals surface area contributed by atoms with Crippen molar-refractivity contribution in [2.75, 3.05) is 123 Å². The van der Waals surface area contributed by atoms with Crippen LogP contribution >= 0.6 is 0 Å². The van der Waals surface area contributed by atoms with Crippen LogP contribution in [0.15, 0.2) is 273 Å². The average Bonchev–Trinajstić information content (AvgIpc) is 0.758. The lowest BCUT2D eigenvalue weighted by atomic mass is 9.75. The highest BCUT2D eigenvalue weighted by molar-refractivity contribution is 5.63. The van der Waals surface area contributed by atoms with Gasteiger partial charge in [-0.25, -0.2) is 0 Å². The third kappa shape index (κ3) is 19.8. The van der Waals surface area contributed by atoms with Crippen LogP contribution in [-0.2, 0) is 87.6 Å². The minimum absolute atomic E-state index is 0.259. The third-order valence-electron chi connectivity index (χ3n) is 24.3. The first-order chi connectivity index (χ1) is 58.9. The van der Waals surface area contributed by atoms with Crippen molar-refractivity contribution in [1.29, 1.82) is 0 Å². The van der Waals surface area contributed by atoms with Gasteiger partial charge >= 0.3 is 0 Å². The van der Waals surface area contributed by atoms with Gasteiger partial charge in [0.05, 0.1) is 39.6 Å². The van der Waals surface area contributed by atoms with Gasteiger partial charge in [-0.1, -0.05) is 175 Å². The molecule has 16 nitrogen and oxygen atoms in total. The molecule has 0 aromatic heterocycles. The minimum Gasteiger partial charge on any atom is -0.507 e. The van der Waals surface area contributed by atoms with E-state index in [2.05, 4.69) is 345 Å². The first kappa shape index (κ1) is 84.1. The number of methoxy groups -OCH3 is 2. The molecule has 0 radical (unpaired) electrons. The molecule has 0 saturated carbocycles. The zero-order valence-electron chi connectivity index (χ0n) is 71.9. The molecule has 0 amide bonds. The van der Waals surface area contributed by atoms with E-state index in [-0.39, 0.29) is 6.61 Å². The molecule has 15 rings (SSSR count). The first-order valence-electron chi connectivity index (χ1n) is 42.6. The summed E-state index contributed by atoms with van der Waals surface area (Å²) in [5.41, 5.74) is 20.7. The van der Waals surface area contributed by atoms with E-state index in [1.165, 1.54) is 16.7 Å². The van der Waals surface area contributed by atoms with Gasteiger partial charge in [0.25, 0.3) is 0 Å². The Morgan fingerprint density at radius 1 is 0.347 bits per heavy atom. The fourth-order valence-electron chi connectivity index (χ4n) is 16.9. The number of hydrogen-bond acceptors (Lipinski definition) is 16. The number of fused-ring (bicyclic) bond motifs is 3. The molecule has 0 fully saturated rings. The second kappa shape index (κ2) is 38.6. The normalized spacial score (nSPS) is 13.3. The molecule has 0 spiro atoms. The van der Waals surface area contributed by atoms with Crippen LogP contribution in [0.2, 0.25) is 0 Å². The maximum Gasteiger partial charge on any atom is 0.161 e. The smallest absolute Gasteiger partial charge is 0.161 e. The summed E-state index contributed by atoms with van der Waals surface area (Å²) in [6.07, 6.45) is 0. The fraction of sp³-hybridized carbons (Fsp3) is 0.314. The van der Waals surface area contributed by atoms with Crippen LogP contribution in [-0.4, -0.2) is 98.9 Å². The van der Waals surface area contributed by atoms with Crippen LogP contribution in [0, 0.1) is 6.92 Å². The topological polar surface area (TPSA) is 123 Å².